The number of nitrogens with one attached hydrogen (secondary N) is 2. The highest BCUT2D eigenvalue weighted by Crippen LogP contribution is 2.24. The van der Waals surface area contributed by atoms with Crippen molar-refractivity contribution >= 4 is 23.2 Å². The third kappa shape index (κ3) is 3.77. The van der Waals surface area contributed by atoms with Gasteiger partial charge in [0.15, 0.2) is 5.69 Å². The molecule has 0 spiro atoms. The fourth-order valence-corrected chi connectivity index (χ4v) is 3.38. The van der Waals surface area contributed by atoms with Gasteiger partial charge in [0.25, 0.3) is 11.8 Å². The number of hydrogen-bond acceptors (Lipinski definition) is 6. The fourth-order valence-electron chi connectivity index (χ4n) is 3.38. The molecule has 2 N–H and O–H groups in total. The summed E-state index contributed by atoms with van der Waals surface area (Å²) in [7, 11) is 0. The molecule has 0 saturated heterocycles. The number of para-hydroxylation sites is 1. The van der Waals surface area contributed by atoms with E-state index in [9.17, 15) is 9.59 Å². The number of oxazole rings is 1. The Labute approximate surface area is 183 Å². The molecule has 3 heterocycles. The normalized spacial score (nSPS) is 15.2. The number of benzodiazepines with no additional fused rings is 1. The number of benzene rings is 2. The topological polar surface area (TPSA) is 109 Å². The number of carbonyl (C=O) groups is 2. The van der Waals surface area contributed by atoms with E-state index in [1.54, 1.807) is 30.6 Å². The van der Waals surface area contributed by atoms with Gasteiger partial charge < -0.3 is 15.1 Å². The lowest BCUT2D eigenvalue weighted by Gasteiger charge is -2.12. The van der Waals surface area contributed by atoms with Crippen molar-refractivity contribution < 1.29 is 14.0 Å². The largest absolute Gasteiger partial charge is 0.444 e. The third-order valence-corrected chi connectivity index (χ3v) is 4.93. The molecule has 0 saturated carbocycles. The number of anilines is 1. The third-order valence-electron chi connectivity index (χ3n) is 4.93. The second-order valence-corrected chi connectivity index (χ2v) is 7.03. The first-order valence-corrected chi connectivity index (χ1v) is 9.89. The van der Waals surface area contributed by atoms with Gasteiger partial charge in [-0.05, 0) is 18.2 Å². The molecule has 0 bridgehead atoms. The summed E-state index contributed by atoms with van der Waals surface area (Å²) in [5.41, 5.74) is 3.55. The highest BCUT2D eigenvalue weighted by Gasteiger charge is 2.28. The van der Waals surface area contributed by atoms with Crippen LogP contribution in [-0.2, 0) is 4.79 Å². The number of pyridine rings is 1. The number of aliphatic imine (C=N–C) groups is 1. The van der Waals surface area contributed by atoms with Crippen molar-refractivity contribution in [1.29, 1.82) is 0 Å². The summed E-state index contributed by atoms with van der Waals surface area (Å²) in [4.78, 5) is 38.5. The number of nitrogens with zero attached hydrogens (tertiary/aromatic N) is 3. The van der Waals surface area contributed by atoms with E-state index < -0.39 is 18.0 Å². The Bertz CT molecular complexity index is 1320. The number of aromatic nitrogens is 2. The molecule has 1 aliphatic rings. The molecule has 1 atom stereocenters. The SMILES string of the molecule is O=C(N[C@H]1N=C(c2ccccc2)c2ccccc2NC1=O)c1coc(-c2ccncc2)n1. The van der Waals surface area contributed by atoms with Crippen molar-refractivity contribution in [3.05, 3.63) is 102 Å². The van der Waals surface area contributed by atoms with Crippen LogP contribution in [0.2, 0.25) is 0 Å². The second-order valence-electron chi connectivity index (χ2n) is 7.03. The Morgan fingerprint density at radius 2 is 1.69 bits per heavy atom. The van der Waals surface area contributed by atoms with Gasteiger partial charge in [-0.15, -0.1) is 0 Å². The Kier molecular flexibility index (Phi) is 5.01. The molecule has 2 amide bonds. The summed E-state index contributed by atoms with van der Waals surface area (Å²) in [5.74, 6) is -0.741. The van der Waals surface area contributed by atoms with Gasteiger partial charge >= 0.3 is 0 Å². The Morgan fingerprint density at radius 3 is 2.50 bits per heavy atom. The van der Waals surface area contributed by atoms with Crippen LogP contribution >= 0.6 is 0 Å². The van der Waals surface area contributed by atoms with Crippen LogP contribution in [0.1, 0.15) is 21.6 Å². The maximum Gasteiger partial charge on any atom is 0.275 e. The predicted molar refractivity (Wildman–Crippen MR) is 118 cm³/mol. The molecule has 4 aromatic rings. The Hall–Kier alpha value is -4.59. The Morgan fingerprint density at radius 1 is 0.938 bits per heavy atom. The van der Waals surface area contributed by atoms with Crippen molar-refractivity contribution in [1.82, 2.24) is 15.3 Å². The minimum absolute atomic E-state index is 0.0443. The standard InChI is InChI=1S/C24H17N5O3/c30-22(19-14-32-24(27-19)16-10-12-25-13-11-16)29-21-23(31)26-18-9-5-4-8-17(18)20(28-21)15-6-2-1-3-7-15/h1-14,21H,(H,26,31)(H,29,30)/t21-/m1/s1. The average Bonchev–Trinajstić information content (AvgIpc) is 3.29. The zero-order valence-electron chi connectivity index (χ0n) is 16.7. The first-order chi connectivity index (χ1) is 15.7. The number of amides is 2. The molecule has 0 fully saturated rings. The van der Waals surface area contributed by atoms with E-state index in [4.69, 9.17) is 4.42 Å². The molecular formula is C24H17N5O3. The van der Waals surface area contributed by atoms with Crippen molar-refractivity contribution in [2.45, 2.75) is 6.17 Å². The van der Waals surface area contributed by atoms with Crippen molar-refractivity contribution in [2.75, 3.05) is 5.32 Å². The summed E-state index contributed by atoms with van der Waals surface area (Å²) in [5, 5.41) is 5.49. The summed E-state index contributed by atoms with van der Waals surface area (Å²) in [6.07, 6.45) is 3.31. The molecule has 5 rings (SSSR count). The van der Waals surface area contributed by atoms with Crippen LogP contribution in [0.25, 0.3) is 11.5 Å². The first-order valence-electron chi connectivity index (χ1n) is 9.89. The van der Waals surface area contributed by atoms with Crippen molar-refractivity contribution in [3.8, 4) is 11.5 Å². The van der Waals surface area contributed by atoms with Crippen LogP contribution in [0, 0.1) is 0 Å². The monoisotopic (exact) mass is 423 g/mol. The highest BCUT2D eigenvalue weighted by molar-refractivity contribution is 6.20. The molecule has 1 aliphatic heterocycles. The molecule has 8 heteroatoms. The molecule has 8 nitrogen and oxygen atoms in total. The van der Waals surface area contributed by atoms with E-state index in [1.807, 2.05) is 48.5 Å². The van der Waals surface area contributed by atoms with Crippen LogP contribution in [0.5, 0.6) is 0 Å². The van der Waals surface area contributed by atoms with Crippen LogP contribution in [0.4, 0.5) is 5.69 Å². The fraction of sp³-hybridized carbons (Fsp3) is 0.0417. The van der Waals surface area contributed by atoms with Crippen LogP contribution in [0.15, 0.2) is 94.8 Å². The van der Waals surface area contributed by atoms with Gasteiger partial charge in [-0.2, -0.15) is 0 Å². The zero-order chi connectivity index (χ0) is 21.9. The van der Waals surface area contributed by atoms with Crippen molar-refractivity contribution in [3.63, 3.8) is 0 Å². The van der Waals surface area contributed by atoms with E-state index in [1.165, 1.54) is 6.26 Å². The summed E-state index contributed by atoms with van der Waals surface area (Å²) < 4.78 is 5.42. The van der Waals surface area contributed by atoms with E-state index in [0.29, 0.717) is 17.0 Å². The summed E-state index contributed by atoms with van der Waals surface area (Å²) >= 11 is 0. The molecule has 2 aromatic heterocycles. The Balaban J connectivity index is 1.46. The number of rotatable bonds is 4. The van der Waals surface area contributed by atoms with Gasteiger partial charge in [0.05, 0.1) is 11.4 Å². The summed E-state index contributed by atoms with van der Waals surface area (Å²) in [6, 6.07) is 20.3. The second kappa shape index (κ2) is 8.27. The molecule has 32 heavy (non-hydrogen) atoms. The lowest BCUT2D eigenvalue weighted by Crippen LogP contribution is -2.42. The molecular weight excluding hydrogens is 406 g/mol. The van der Waals surface area contributed by atoms with Crippen LogP contribution < -0.4 is 10.6 Å². The zero-order valence-corrected chi connectivity index (χ0v) is 16.7. The van der Waals surface area contributed by atoms with Gasteiger partial charge in [-0.3, -0.25) is 14.6 Å². The lowest BCUT2D eigenvalue weighted by molar-refractivity contribution is -0.117. The highest BCUT2D eigenvalue weighted by atomic mass is 16.3. The summed E-state index contributed by atoms with van der Waals surface area (Å²) in [6.45, 7) is 0. The average molecular weight is 423 g/mol. The van der Waals surface area contributed by atoms with E-state index in [2.05, 4.69) is 25.6 Å². The first kappa shape index (κ1) is 19.4. The van der Waals surface area contributed by atoms with Gasteiger partial charge in [0, 0.05) is 29.1 Å². The predicted octanol–water partition coefficient (Wildman–Crippen LogP) is 3.28. The smallest absolute Gasteiger partial charge is 0.275 e. The minimum atomic E-state index is -1.15. The van der Waals surface area contributed by atoms with Gasteiger partial charge in [-0.1, -0.05) is 48.5 Å². The van der Waals surface area contributed by atoms with Crippen LogP contribution in [-0.4, -0.2) is 33.7 Å². The van der Waals surface area contributed by atoms with E-state index in [0.717, 1.165) is 11.1 Å². The van der Waals surface area contributed by atoms with Gasteiger partial charge in [0.1, 0.15) is 6.26 Å². The van der Waals surface area contributed by atoms with E-state index in [-0.39, 0.29) is 11.6 Å². The minimum Gasteiger partial charge on any atom is -0.444 e. The number of carbonyl (C=O) groups excluding carboxylic acids is 2. The molecule has 0 unspecified atom stereocenters. The molecule has 156 valence electrons. The van der Waals surface area contributed by atoms with E-state index >= 15 is 0 Å². The van der Waals surface area contributed by atoms with Crippen molar-refractivity contribution in [2.24, 2.45) is 4.99 Å². The molecule has 0 aliphatic carbocycles. The molecule has 2 aromatic carbocycles. The molecule has 0 radical (unpaired) electrons. The maximum atomic E-state index is 12.9. The van der Waals surface area contributed by atoms with Gasteiger partial charge in [-0.25, -0.2) is 9.98 Å². The lowest BCUT2D eigenvalue weighted by atomic mass is 10.0. The van der Waals surface area contributed by atoms with Crippen LogP contribution in [0.3, 0.4) is 0 Å². The number of hydrogen-bond donors (Lipinski definition) is 2. The number of fused-ring (bicyclic) bond motifs is 1. The quantitative estimate of drug-likeness (QED) is 0.524. The van der Waals surface area contributed by atoms with Gasteiger partial charge in [0.2, 0.25) is 12.1 Å². The maximum absolute atomic E-state index is 12.9.